The Labute approximate surface area is 162 Å². The van der Waals surface area contributed by atoms with Crippen molar-refractivity contribution in [1.29, 1.82) is 0 Å². The molecule has 0 radical (unpaired) electrons. The van der Waals surface area contributed by atoms with Gasteiger partial charge in [0, 0.05) is 32.3 Å². The number of benzene rings is 2. The van der Waals surface area contributed by atoms with Gasteiger partial charge in [0.05, 0.1) is 17.6 Å². The van der Waals surface area contributed by atoms with Gasteiger partial charge in [-0.2, -0.15) is 0 Å². The van der Waals surface area contributed by atoms with Gasteiger partial charge in [0.2, 0.25) is 0 Å². The van der Waals surface area contributed by atoms with Crippen LogP contribution in [-0.2, 0) is 17.8 Å². The molecule has 1 amide bonds. The second-order valence-corrected chi connectivity index (χ2v) is 6.44. The molecule has 1 heterocycles. The van der Waals surface area contributed by atoms with Crippen LogP contribution in [0.4, 0.5) is 0 Å². The highest BCUT2D eigenvalue weighted by molar-refractivity contribution is 5.97. The molecular formula is C21H23N3O4. The summed E-state index contributed by atoms with van der Waals surface area (Å²) in [4.78, 5) is 41.3. The number of H-pyrrole nitrogens is 1. The second kappa shape index (κ2) is 8.67. The van der Waals surface area contributed by atoms with Crippen LogP contribution in [0.2, 0.25) is 0 Å². The molecule has 3 aromatic rings. The Morgan fingerprint density at radius 2 is 1.89 bits per heavy atom. The maximum absolute atomic E-state index is 13.1. The van der Waals surface area contributed by atoms with Gasteiger partial charge in [0.15, 0.2) is 0 Å². The molecule has 0 spiro atoms. The molecule has 0 fully saturated rings. The predicted molar refractivity (Wildman–Crippen MR) is 108 cm³/mol. The first-order chi connectivity index (χ1) is 13.5. The van der Waals surface area contributed by atoms with Gasteiger partial charge in [-0.1, -0.05) is 30.3 Å². The number of carbonyl (C=O) groups is 1. The third-order valence-electron chi connectivity index (χ3n) is 4.61. The first-order valence-electron chi connectivity index (χ1n) is 9.14. The van der Waals surface area contributed by atoms with Crippen LogP contribution in [0, 0.1) is 0 Å². The van der Waals surface area contributed by atoms with E-state index in [1.54, 1.807) is 37.1 Å². The third kappa shape index (κ3) is 4.04. The fourth-order valence-corrected chi connectivity index (χ4v) is 3.17. The molecule has 0 aliphatic heterocycles. The fourth-order valence-electron chi connectivity index (χ4n) is 3.17. The molecule has 0 atom stereocenters. The standard InChI is InChI=1S/C21H23N3O4/c1-3-24-18-10-9-16(13-17(18)22-19(25)21(24)27)20(26)23(11-12-28-2)14-15-7-5-4-6-8-15/h4-10,13H,3,11-12,14H2,1-2H3,(H,22,25). The van der Waals surface area contributed by atoms with Gasteiger partial charge in [-0.05, 0) is 30.7 Å². The second-order valence-electron chi connectivity index (χ2n) is 6.44. The van der Waals surface area contributed by atoms with Crippen LogP contribution in [0.3, 0.4) is 0 Å². The van der Waals surface area contributed by atoms with E-state index < -0.39 is 11.1 Å². The van der Waals surface area contributed by atoms with Crippen molar-refractivity contribution in [2.45, 2.75) is 20.0 Å². The molecule has 7 heteroatoms. The number of carbonyl (C=O) groups excluding carboxylic acids is 1. The summed E-state index contributed by atoms with van der Waals surface area (Å²) in [6, 6.07) is 14.7. The number of rotatable bonds is 7. The van der Waals surface area contributed by atoms with Crippen molar-refractivity contribution < 1.29 is 9.53 Å². The molecule has 3 rings (SSSR count). The van der Waals surface area contributed by atoms with Gasteiger partial charge in [0.25, 0.3) is 5.91 Å². The zero-order valence-corrected chi connectivity index (χ0v) is 16.0. The number of hydrogen-bond donors (Lipinski definition) is 1. The molecule has 7 nitrogen and oxygen atoms in total. The molecule has 0 aliphatic carbocycles. The lowest BCUT2D eigenvalue weighted by molar-refractivity contribution is 0.0680. The van der Waals surface area contributed by atoms with E-state index in [0.29, 0.717) is 42.8 Å². The fraction of sp³-hybridized carbons (Fsp3) is 0.286. The Balaban J connectivity index is 1.98. The average Bonchev–Trinajstić information content (AvgIpc) is 2.72. The van der Waals surface area contributed by atoms with Crippen LogP contribution in [-0.4, -0.2) is 40.6 Å². The average molecular weight is 381 g/mol. The maximum Gasteiger partial charge on any atom is 0.316 e. The van der Waals surface area contributed by atoms with Gasteiger partial charge in [0.1, 0.15) is 0 Å². The number of aromatic amines is 1. The number of hydrogen-bond acceptors (Lipinski definition) is 4. The molecule has 0 saturated carbocycles. The van der Waals surface area contributed by atoms with Crippen LogP contribution < -0.4 is 11.1 Å². The highest BCUT2D eigenvalue weighted by atomic mass is 16.5. The number of ether oxygens (including phenoxy) is 1. The number of aromatic nitrogens is 2. The zero-order valence-electron chi connectivity index (χ0n) is 16.0. The van der Waals surface area contributed by atoms with Gasteiger partial charge < -0.3 is 19.2 Å². The normalized spacial score (nSPS) is 10.9. The van der Waals surface area contributed by atoms with E-state index in [2.05, 4.69) is 4.98 Å². The van der Waals surface area contributed by atoms with Crippen molar-refractivity contribution in [2.75, 3.05) is 20.3 Å². The number of fused-ring (bicyclic) bond motifs is 1. The van der Waals surface area contributed by atoms with Crippen LogP contribution >= 0.6 is 0 Å². The van der Waals surface area contributed by atoms with E-state index in [1.807, 2.05) is 30.3 Å². The summed E-state index contributed by atoms with van der Waals surface area (Å²) in [5.41, 5.74) is 1.22. The number of aryl methyl sites for hydroxylation is 1. The number of nitrogens with one attached hydrogen (secondary N) is 1. The van der Waals surface area contributed by atoms with E-state index in [4.69, 9.17) is 4.74 Å². The number of nitrogens with zero attached hydrogens (tertiary/aromatic N) is 2. The summed E-state index contributed by atoms with van der Waals surface area (Å²) in [6.45, 7) is 3.48. The largest absolute Gasteiger partial charge is 0.383 e. The van der Waals surface area contributed by atoms with E-state index in [1.165, 1.54) is 4.57 Å². The predicted octanol–water partition coefficient (Wildman–Crippen LogP) is 2.00. The van der Waals surface area contributed by atoms with Gasteiger partial charge in [-0.3, -0.25) is 14.4 Å². The topological polar surface area (TPSA) is 84.4 Å². The molecule has 0 saturated heterocycles. The maximum atomic E-state index is 13.1. The Morgan fingerprint density at radius 1 is 1.14 bits per heavy atom. The van der Waals surface area contributed by atoms with Crippen LogP contribution in [0.15, 0.2) is 58.1 Å². The van der Waals surface area contributed by atoms with Crippen LogP contribution in [0.5, 0.6) is 0 Å². The first-order valence-corrected chi connectivity index (χ1v) is 9.14. The molecule has 1 N–H and O–H groups in total. The van der Waals surface area contributed by atoms with Crippen molar-refractivity contribution in [3.63, 3.8) is 0 Å². The SMILES string of the molecule is CCn1c(=O)c(=O)[nH]c2cc(C(=O)N(CCOC)Cc3ccccc3)ccc21. The van der Waals surface area contributed by atoms with Gasteiger partial charge in [-0.15, -0.1) is 0 Å². The minimum atomic E-state index is -0.695. The minimum Gasteiger partial charge on any atom is -0.383 e. The highest BCUT2D eigenvalue weighted by Gasteiger charge is 2.17. The lowest BCUT2D eigenvalue weighted by atomic mass is 10.1. The van der Waals surface area contributed by atoms with Crippen molar-refractivity contribution >= 4 is 16.9 Å². The summed E-state index contributed by atoms with van der Waals surface area (Å²) in [6.07, 6.45) is 0. The molecule has 0 bridgehead atoms. The minimum absolute atomic E-state index is 0.169. The lowest BCUT2D eigenvalue weighted by Crippen LogP contribution is -2.36. The molecule has 0 aliphatic rings. The number of methoxy groups -OCH3 is 1. The van der Waals surface area contributed by atoms with Crippen molar-refractivity contribution in [3.8, 4) is 0 Å². The van der Waals surface area contributed by atoms with E-state index in [0.717, 1.165) is 5.56 Å². The quantitative estimate of drug-likeness (QED) is 0.635. The molecule has 146 valence electrons. The van der Waals surface area contributed by atoms with Gasteiger partial charge in [-0.25, -0.2) is 0 Å². The molecule has 28 heavy (non-hydrogen) atoms. The van der Waals surface area contributed by atoms with Crippen LogP contribution in [0.1, 0.15) is 22.8 Å². The summed E-state index contributed by atoms with van der Waals surface area (Å²) in [5, 5.41) is 0. The summed E-state index contributed by atoms with van der Waals surface area (Å²) >= 11 is 0. The Morgan fingerprint density at radius 3 is 2.57 bits per heavy atom. The summed E-state index contributed by atoms with van der Waals surface area (Å²) < 4.78 is 6.54. The Kier molecular flexibility index (Phi) is 6.06. The van der Waals surface area contributed by atoms with Crippen LogP contribution in [0.25, 0.3) is 11.0 Å². The summed E-state index contributed by atoms with van der Waals surface area (Å²) in [5.74, 6) is -0.169. The van der Waals surface area contributed by atoms with Crippen molar-refractivity contribution in [3.05, 3.63) is 80.4 Å². The van der Waals surface area contributed by atoms with Crippen molar-refractivity contribution in [2.24, 2.45) is 0 Å². The van der Waals surface area contributed by atoms with E-state index in [-0.39, 0.29) is 5.91 Å². The van der Waals surface area contributed by atoms with Gasteiger partial charge >= 0.3 is 11.1 Å². The molecular weight excluding hydrogens is 358 g/mol. The molecule has 0 unspecified atom stereocenters. The molecule has 2 aromatic carbocycles. The van der Waals surface area contributed by atoms with E-state index >= 15 is 0 Å². The lowest BCUT2D eigenvalue weighted by Gasteiger charge is -2.23. The zero-order chi connectivity index (χ0) is 20.1. The first kappa shape index (κ1) is 19.6. The summed E-state index contributed by atoms with van der Waals surface area (Å²) in [7, 11) is 1.59. The third-order valence-corrected chi connectivity index (χ3v) is 4.61. The smallest absolute Gasteiger partial charge is 0.316 e. The monoisotopic (exact) mass is 381 g/mol. The number of amides is 1. The highest BCUT2D eigenvalue weighted by Crippen LogP contribution is 2.15. The van der Waals surface area contributed by atoms with E-state index in [9.17, 15) is 14.4 Å². The molecule has 1 aromatic heterocycles. The van der Waals surface area contributed by atoms with Crippen molar-refractivity contribution in [1.82, 2.24) is 14.5 Å². The Bertz CT molecular complexity index is 1090. The Hall–Kier alpha value is -3.19.